The van der Waals surface area contributed by atoms with E-state index in [0.717, 1.165) is 30.6 Å². The van der Waals surface area contributed by atoms with Crippen molar-refractivity contribution in [1.82, 2.24) is 4.98 Å². The molecule has 1 saturated carbocycles. The Bertz CT molecular complexity index is 726. The molecule has 0 amide bonds. The molecule has 1 aromatic heterocycles. The fourth-order valence-electron chi connectivity index (χ4n) is 3.18. The Hall–Kier alpha value is -1.85. The second kappa shape index (κ2) is 8.50. The van der Waals surface area contributed by atoms with Crippen molar-refractivity contribution in [3.05, 3.63) is 48.2 Å². The van der Waals surface area contributed by atoms with Crippen LogP contribution in [-0.2, 0) is 0 Å². The van der Waals surface area contributed by atoms with Gasteiger partial charge in [0.1, 0.15) is 5.75 Å². The van der Waals surface area contributed by atoms with Crippen molar-refractivity contribution >= 4 is 17.5 Å². The van der Waals surface area contributed by atoms with Crippen molar-refractivity contribution in [3.63, 3.8) is 0 Å². The highest BCUT2D eigenvalue weighted by atomic mass is 32.2. The monoisotopic (exact) mass is 357 g/mol. The highest BCUT2D eigenvalue weighted by Gasteiger charge is 2.24. The predicted molar refractivity (Wildman–Crippen MR) is 99.4 cm³/mol. The highest BCUT2D eigenvalue weighted by Crippen LogP contribution is 2.31. The zero-order valence-corrected chi connectivity index (χ0v) is 15.2. The first-order valence-corrected chi connectivity index (χ1v) is 9.86. The molecule has 0 atom stereocenters. The largest absolute Gasteiger partial charge is 0.438 e. The third kappa shape index (κ3) is 4.83. The molecule has 5 heteroatoms. The van der Waals surface area contributed by atoms with E-state index >= 15 is 0 Å². The van der Waals surface area contributed by atoms with Gasteiger partial charge in [0.05, 0.1) is 11.7 Å². The summed E-state index contributed by atoms with van der Waals surface area (Å²) in [5.74, 6) is 1.44. The number of ketones is 1. The molecule has 3 rings (SSSR count). The number of Topliss-reactive ketones (excluding diaryl/α,β-unsaturated/α-hetero) is 1. The first-order chi connectivity index (χ1) is 12.2. The second-order valence-corrected chi connectivity index (χ2v) is 7.32. The molecule has 1 aliphatic rings. The lowest BCUT2D eigenvalue weighted by Gasteiger charge is -2.24. The fourth-order valence-corrected chi connectivity index (χ4v) is 3.63. The molecular formula is C20H23NO3S. The lowest BCUT2D eigenvalue weighted by atomic mass is 9.83. The molecule has 0 aliphatic heterocycles. The molecule has 2 aromatic rings. The number of aliphatic hydroxyl groups is 1. The summed E-state index contributed by atoms with van der Waals surface area (Å²) in [5, 5.41) is 9.61. The van der Waals surface area contributed by atoms with Crippen molar-refractivity contribution in [1.29, 1.82) is 0 Å². The van der Waals surface area contributed by atoms with Gasteiger partial charge in [-0.3, -0.25) is 4.79 Å². The van der Waals surface area contributed by atoms with Crippen molar-refractivity contribution in [2.24, 2.45) is 5.92 Å². The van der Waals surface area contributed by atoms with Gasteiger partial charge in [0.25, 0.3) is 0 Å². The minimum Gasteiger partial charge on any atom is -0.438 e. The number of benzene rings is 1. The zero-order valence-electron chi connectivity index (χ0n) is 14.4. The van der Waals surface area contributed by atoms with Gasteiger partial charge in [-0.05, 0) is 68.2 Å². The second-order valence-electron chi connectivity index (χ2n) is 6.44. The summed E-state index contributed by atoms with van der Waals surface area (Å²) in [6.07, 6.45) is 7.31. The number of aromatic nitrogens is 1. The van der Waals surface area contributed by atoms with E-state index in [0.29, 0.717) is 29.5 Å². The first-order valence-electron chi connectivity index (χ1n) is 8.64. The predicted octanol–water partition coefficient (Wildman–Crippen LogP) is 4.72. The molecule has 0 unspecified atom stereocenters. The minimum atomic E-state index is -0.202. The van der Waals surface area contributed by atoms with Crippen LogP contribution < -0.4 is 4.74 Å². The van der Waals surface area contributed by atoms with Crippen molar-refractivity contribution in [3.8, 4) is 11.6 Å². The Morgan fingerprint density at radius 2 is 2.04 bits per heavy atom. The Kier molecular flexibility index (Phi) is 6.10. The number of pyridine rings is 1. The number of hydrogen-bond donors (Lipinski definition) is 1. The molecule has 25 heavy (non-hydrogen) atoms. The lowest BCUT2D eigenvalue weighted by Crippen LogP contribution is -2.20. The van der Waals surface area contributed by atoms with Gasteiger partial charge in [-0.2, -0.15) is 0 Å². The molecule has 1 fully saturated rings. The van der Waals surface area contributed by atoms with Crippen LogP contribution in [0.2, 0.25) is 0 Å². The number of hydrogen-bond acceptors (Lipinski definition) is 5. The Morgan fingerprint density at radius 1 is 1.24 bits per heavy atom. The summed E-state index contributed by atoms with van der Waals surface area (Å²) >= 11 is 1.64. The van der Waals surface area contributed by atoms with Gasteiger partial charge in [-0.25, -0.2) is 4.98 Å². The SMILES string of the molecule is CSc1cccc(Oc2ncccc2C(=O)C[C@H]2CC[C@@H](O)CC2)c1. The molecule has 4 nitrogen and oxygen atoms in total. The van der Waals surface area contributed by atoms with Gasteiger partial charge in [0.15, 0.2) is 5.78 Å². The molecule has 1 heterocycles. The van der Waals surface area contributed by atoms with Crippen LogP contribution in [0.4, 0.5) is 0 Å². The van der Waals surface area contributed by atoms with E-state index in [1.165, 1.54) is 0 Å². The number of aliphatic hydroxyl groups excluding tert-OH is 1. The summed E-state index contributed by atoms with van der Waals surface area (Å²) in [6, 6.07) is 11.3. The van der Waals surface area contributed by atoms with Crippen molar-refractivity contribution < 1.29 is 14.6 Å². The summed E-state index contributed by atoms with van der Waals surface area (Å²) in [5.41, 5.74) is 0.531. The van der Waals surface area contributed by atoms with Gasteiger partial charge in [0.2, 0.25) is 5.88 Å². The molecule has 1 aromatic carbocycles. The van der Waals surface area contributed by atoms with Crippen LogP contribution in [0.25, 0.3) is 0 Å². The quantitative estimate of drug-likeness (QED) is 0.599. The summed E-state index contributed by atoms with van der Waals surface area (Å²) in [6.45, 7) is 0. The fraction of sp³-hybridized carbons (Fsp3) is 0.400. The Balaban J connectivity index is 1.72. The standard InChI is InChI=1S/C20H23NO3S/c1-25-17-5-2-4-16(13-17)24-20-18(6-3-11-21-20)19(23)12-14-7-9-15(22)10-8-14/h2-6,11,13-15,22H,7-10,12H2,1H3/t14-,15+. The molecule has 0 saturated heterocycles. The van der Waals surface area contributed by atoms with Crippen LogP contribution in [0.5, 0.6) is 11.6 Å². The maximum atomic E-state index is 12.7. The van der Waals surface area contributed by atoms with E-state index in [-0.39, 0.29) is 11.9 Å². The van der Waals surface area contributed by atoms with E-state index in [9.17, 15) is 9.90 Å². The van der Waals surface area contributed by atoms with Crippen LogP contribution in [0.15, 0.2) is 47.5 Å². The summed E-state index contributed by atoms with van der Waals surface area (Å²) in [7, 11) is 0. The van der Waals surface area contributed by atoms with Crippen LogP contribution in [0, 0.1) is 5.92 Å². The maximum absolute atomic E-state index is 12.7. The average Bonchev–Trinajstić information content (AvgIpc) is 2.64. The molecular weight excluding hydrogens is 334 g/mol. The normalized spacial score (nSPS) is 20.2. The molecule has 132 valence electrons. The zero-order chi connectivity index (χ0) is 17.6. The number of carbonyl (C=O) groups excluding carboxylic acids is 1. The van der Waals surface area contributed by atoms with E-state index in [4.69, 9.17) is 4.74 Å². The average molecular weight is 357 g/mol. The molecule has 0 spiro atoms. The number of thioether (sulfide) groups is 1. The van der Waals surface area contributed by atoms with Crippen LogP contribution in [-0.4, -0.2) is 28.2 Å². The van der Waals surface area contributed by atoms with E-state index < -0.39 is 0 Å². The van der Waals surface area contributed by atoms with E-state index in [2.05, 4.69) is 4.98 Å². The van der Waals surface area contributed by atoms with E-state index in [1.807, 2.05) is 30.5 Å². The van der Waals surface area contributed by atoms with Gasteiger partial charge in [-0.1, -0.05) is 6.07 Å². The summed E-state index contributed by atoms with van der Waals surface area (Å²) in [4.78, 5) is 18.1. The third-order valence-electron chi connectivity index (χ3n) is 4.62. The maximum Gasteiger partial charge on any atom is 0.230 e. The van der Waals surface area contributed by atoms with Gasteiger partial charge in [0, 0.05) is 17.5 Å². The number of carbonyl (C=O) groups is 1. The van der Waals surface area contributed by atoms with Crippen LogP contribution in [0.1, 0.15) is 42.5 Å². The van der Waals surface area contributed by atoms with Crippen molar-refractivity contribution in [2.45, 2.75) is 43.1 Å². The number of ether oxygens (including phenoxy) is 1. The lowest BCUT2D eigenvalue weighted by molar-refractivity contribution is 0.0857. The number of rotatable bonds is 6. The Morgan fingerprint density at radius 3 is 2.80 bits per heavy atom. The molecule has 1 aliphatic carbocycles. The smallest absolute Gasteiger partial charge is 0.230 e. The van der Waals surface area contributed by atoms with Gasteiger partial charge in [-0.15, -0.1) is 11.8 Å². The molecule has 1 N–H and O–H groups in total. The topological polar surface area (TPSA) is 59.4 Å². The first kappa shape index (κ1) is 18.0. The van der Waals surface area contributed by atoms with Gasteiger partial charge < -0.3 is 9.84 Å². The Labute approximate surface area is 152 Å². The van der Waals surface area contributed by atoms with Crippen molar-refractivity contribution in [2.75, 3.05) is 6.26 Å². The molecule has 0 radical (unpaired) electrons. The highest BCUT2D eigenvalue weighted by molar-refractivity contribution is 7.98. The third-order valence-corrected chi connectivity index (χ3v) is 5.34. The molecule has 0 bridgehead atoms. The summed E-state index contributed by atoms with van der Waals surface area (Å²) < 4.78 is 5.89. The number of nitrogens with zero attached hydrogens (tertiary/aromatic N) is 1. The minimum absolute atomic E-state index is 0.0607. The van der Waals surface area contributed by atoms with Crippen LogP contribution >= 0.6 is 11.8 Å². The van der Waals surface area contributed by atoms with Crippen LogP contribution in [0.3, 0.4) is 0 Å². The van der Waals surface area contributed by atoms with E-state index in [1.54, 1.807) is 30.1 Å². The van der Waals surface area contributed by atoms with Gasteiger partial charge >= 0.3 is 0 Å².